The first kappa shape index (κ1) is 23.7. The Morgan fingerprint density at radius 3 is 2.49 bits per heavy atom. The third-order valence-corrected chi connectivity index (χ3v) is 10.3. The van der Waals surface area contributed by atoms with Gasteiger partial charge in [-0.2, -0.15) is 0 Å². The van der Waals surface area contributed by atoms with Crippen molar-refractivity contribution >= 4 is 50.1 Å². The monoisotopic (exact) mass is 571 g/mol. The van der Waals surface area contributed by atoms with Gasteiger partial charge in [0.25, 0.3) is 0 Å². The molecule has 4 fully saturated rings. The van der Waals surface area contributed by atoms with Crippen LogP contribution in [0.25, 0.3) is 11.3 Å². The van der Waals surface area contributed by atoms with Gasteiger partial charge < -0.3 is 9.88 Å². The van der Waals surface area contributed by atoms with Gasteiger partial charge in [0.05, 0.1) is 11.4 Å². The molecule has 184 valence electrons. The molecule has 4 saturated carbocycles. The molecule has 2 aromatic heterocycles. The fourth-order valence-corrected chi connectivity index (χ4v) is 8.91. The molecule has 0 unspecified atom stereocenters. The van der Waals surface area contributed by atoms with Gasteiger partial charge in [-0.15, -0.1) is 21.5 Å². The Morgan fingerprint density at radius 2 is 1.83 bits per heavy atom. The smallest absolute Gasteiger partial charge is 0.236 e. The van der Waals surface area contributed by atoms with Crippen molar-refractivity contribution in [1.82, 2.24) is 19.7 Å². The number of anilines is 1. The number of hydrogen-bond donors (Lipinski definition) is 1. The van der Waals surface area contributed by atoms with E-state index in [1.54, 1.807) is 0 Å². The van der Waals surface area contributed by atoms with Crippen LogP contribution in [0.3, 0.4) is 0 Å². The lowest BCUT2D eigenvalue weighted by molar-refractivity contribution is -0.113. The number of carbonyl (C=O) groups excluding carboxylic acids is 1. The first-order valence-electron chi connectivity index (χ1n) is 12.5. The number of nitrogens with one attached hydrogen (secondary N) is 1. The molecule has 4 aliphatic carbocycles. The molecular formula is C26H30BrN5OS2. The van der Waals surface area contributed by atoms with Gasteiger partial charge in [0, 0.05) is 28.4 Å². The minimum atomic E-state index is -0.0695. The Labute approximate surface area is 222 Å². The van der Waals surface area contributed by atoms with Gasteiger partial charge in [0.1, 0.15) is 5.82 Å². The van der Waals surface area contributed by atoms with E-state index in [9.17, 15) is 4.79 Å². The topological polar surface area (TPSA) is 72.7 Å². The van der Waals surface area contributed by atoms with Crippen molar-refractivity contribution in [3.8, 4) is 11.3 Å². The van der Waals surface area contributed by atoms with Gasteiger partial charge in [0.15, 0.2) is 10.3 Å². The molecule has 0 spiro atoms. The van der Waals surface area contributed by atoms with E-state index >= 15 is 0 Å². The normalized spacial score (nSPS) is 26.9. The predicted octanol–water partition coefficient (Wildman–Crippen LogP) is 6.67. The van der Waals surface area contributed by atoms with Gasteiger partial charge in [0.2, 0.25) is 5.91 Å². The summed E-state index contributed by atoms with van der Waals surface area (Å²) >= 11 is 6.37. The van der Waals surface area contributed by atoms with Crippen molar-refractivity contribution in [2.75, 3.05) is 11.1 Å². The van der Waals surface area contributed by atoms with Gasteiger partial charge in [-0.05, 0) is 80.8 Å². The fraction of sp³-hybridized carbons (Fsp3) is 0.538. The quantitative estimate of drug-likeness (QED) is 0.305. The first-order valence-corrected chi connectivity index (χ1v) is 15.2. The second-order valence-electron chi connectivity index (χ2n) is 10.6. The van der Waals surface area contributed by atoms with E-state index < -0.39 is 0 Å². The van der Waals surface area contributed by atoms with E-state index in [1.807, 2.05) is 29.6 Å². The number of rotatable bonds is 8. The molecule has 6 nitrogen and oxygen atoms in total. The zero-order valence-electron chi connectivity index (χ0n) is 19.9. The Kier molecular flexibility index (Phi) is 6.52. The molecule has 1 amide bonds. The largest absolute Gasteiger partial charge is 0.306 e. The molecular weight excluding hydrogens is 542 g/mol. The van der Waals surface area contributed by atoms with Crippen molar-refractivity contribution < 1.29 is 4.79 Å². The molecule has 3 aromatic rings. The van der Waals surface area contributed by atoms with Crippen LogP contribution in [0.2, 0.25) is 0 Å². The summed E-state index contributed by atoms with van der Waals surface area (Å²) in [7, 11) is 0. The highest BCUT2D eigenvalue weighted by atomic mass is 79.9. The lowest BCUT2D eigenvalue weighted by Crippen LogP contribution is -2.47. The number of thiazole rings is 1. The summed E-state index contributed by atoms with van der Waals surface area (Å²) in [6.07, 6.45) is 9.53. The minimum Gasteiger partial charge on any atom is -0.306 e. The third-order valence-electron chi connectivity index (χ3n) is 8.03. The van der Waals surface area contributed by atoms with E-state index in [2.05, 4.69) is 47.9 Å². The van der Waals surface area contributed by atoms with Gasteiger partial charge in [-0.3, -0.25) is 4.79 Å². The second kappa shape index (κ2) is 9.63. The number of thioether (sulfide) groups is 1. The standard InChI is InChI=1S/C26H30BrN5OS2/c1-2-32-22(13-26-10-16-7-17(11-26)9-18(8-16)12-26)30-31-25(32)35-15-23(33)29-24-28-21(14-34-24)19-3-5-20(27)6-4-19/h3-6,14,16-18H,2,7-13,15H2,1H3,(H,28,29,33). The SMILES string of the molecule is CCn1c(CC23CC4CC(CC(C4)C2)C3)nnc1SCC(=O)Nc1nc(-c2ccc(Br)cc2)cs1. The van der Waals surface area contributed by atoms with Crippen molar-refractivity contribution in [1.29, 1.82) is 0 Å². The molecule has 35 heavy (non-hydrogen) atoms. The molecule has 0 saturated heterocycles. The Hall–Kier alpha value is -1.71. The summed E-state index contributed by atoms with van der Waals surface area (Å²) < 4.78 is 3.26. The van der Waals surface area contributed by atoms with Crippen LogP contribution in [-0.2, 0) is 17.8 Å². The molecule has 2 heterocycles. The summed E-state index contributed by atoms with van der Waals surface area (Å²) in [5.41, 5.74) is 2.33. The summed E-state index contributed by atoms with van der Waals surface area (Å²) in [6.45, 7) is 2.98. The number of aromatic nitrogens is 4. The molecule has 4 aliphatic rings. The van der Waals surface area contributed by atoms with Crippen LogP contribution in [0.4, 0.5) is 5.13 Å². The highest BCUT2D eigenvalue weighted by Crippen LogP contribution is 2.61. The molecule has 0 atom stereocenters. The van der Waals surface area contributed by atoms with E-state index in [-0.39, 0.29) is 5.91 Å². The zero-order valence-corrected chi connectivity index (χ0v) is 23.1. The summed E-state index contributed by atoms with van der Waals surface area (Å²) in [5, 5.41) is 15.5. The van der Waals surface area contributed by atoms with Crippen molar-refractivity contribution in [2.24, 2.45) is 23.2 Å². The maximum atomic E-state index is 12.7. The van der Waals surface area contributed by atoms with E-state index in [1.165, 1.54) is 61.6 Å². The van der Waals surface area contributed by atoms with E-state index in [0.717, 1.165) is 57.4 Å². The summed E-state index contributed by atoms with van der Waals surface area (Å²) in [6, 6.07) is 8.01. The average Bonchev–Trinajstić information content (AvgIpc) is 3.43. The number of hydrogen-bond acceptors (Lipinski definition) is 6. The number of benzene rings is 1. The fourth-order valence-electron chi connectivity index (χ4n) is 7.09. The molecule has 0 aliphatic heterocycles. The maximum Gasteiger partial charge on any atom is 0.236 e. The number of halogens is 1. The highest BCUT2D eigenvalue weighted by Gasteiger charge is 2.51. The number of carbonyl (C=O) groups is 1. The predicted molar refractivity (Wildman–Crippen MR) is 145 cm³/mol. The molecule has 4 bridgehead atoms. The highest BCUT2D eigenvalue weighted by molar-refractivity contribution is 9.10. The molecule has 7 rings (SSSR count). The summed E-state index contributed by atoms with van der Waals surface area (Å²) in [4.78, 5) is 17.2. The van der Waals surface area contributed by atoms with Crippen LogP contribution in [0.15, 0.2) is 39.3 Å². The second-order valence-corrected chi connectivity index (χ2v) is 13.3. The molecule has 1 N–H and O–H groups in total. The van der Waals surface area contributed by atoms with Crippen LogP contribution < -0.4 is 5.32 Å². The lowest BCUT2D eigenvalue weighted by atomic mass is 9.49. The summed E-state index contributed by atoms with van der Waals surface area (Å²) in [5.74, 6) is 4.14. The van der Waals surface area contributed by atoms with Crippen LogP contribution >= 0.6 is 39.0 Å². The van der Waals surface area contributed by atoms with Crippen LogP contribution in [0, 0.1) is 23.2 Å². The molecule has 0 radical (unpaired) electrons. The van der Waals surface area contributed by atoms with Crippen molar-refractivity contribution in [3.63, 3.8) is 0 Å². The molecule has 1 aromatic carbocycles. The number of amides is 1. The zero-order chi connectivity index (χ0) is 24.0. The van der Waals surface area contributed by atoms with Gasteiger partial charge >= 0.3 is 0 Å². The average molecular weight is 573 g/mol. The van der Waals surface area contributed by atoms with Crippen molar-refractivity contribution in [3.05, 3.63) is 39.9 Å². The van der Waals surface area contributed by atoms with Crippen molar-refractivity contribution in [2.45, 2.75) is 63.6 Å². The maximum absolute atomic E-state index is 12.7. The first-order chi connectivity index (χ1) is 17.0. The van der Waals surface area contributed by atoms with Gasteiger partial charge in [-0.1, -0.05) is 39.8 Å². The lowest BCUT2D eigenvalue weighted by Gasteiger charge is -2.56. The van der Waals surface area contributed by atoms with Crippen LogP contribution in [0.1, 0.15) is 51.3 Å². The van der Waals surface area contributed by atoms with Gasteiger partial charge in [-0.25, -0.2) is 4.98 Å². The Morgan fingerprint density at radius 1 is 1.14 bits per heavy atom. The Bertz CT molecular complexity index is 1190. The third kappa shape index (κ3) is 4.96. The number of nitrogens with zero attached hydrogens (tertiary/aromatic N) is 4. The molecule has 9 heteroatoms. The minimum absolute atomic E-state index is 0.0695. The van der Waals surface area contributed by atoms with Crippen LogP contribution in [-0.4, -0.2) is 31.4 Å². The van der Waals surface area contributed by atoms with E-state index in [4.69, 9.17) is 0 Å². The van der Waals surface area contributed by atoms with E-state index in [0.29, 0.717) is 16.3 Å². The van der Waals surface area contributed by atoms with Crippen LogP contribution in [0.5, 0.6) is 0 Å². The Balaban J connectivity index is 1.07.